The first-order valence-corrected chi connectivity index (χ1v) is 10.4. The highest BCUT2D eigenvalue weighted by Gasteiger charge is 2.26. The molecule has 0 aromatic carbocycles. The van der Waals surface area contributed by atoms with Gasteiger partial charge in [0, 0.05) is 37.6 Å². The molecule has 1 fully saturated rings. The van der Waals surface area contributed by atoms with Gasteiger partial charge in [-0.25, -0.2) is 9.97 Å². The van der Waals surface area contributed by atoms with Crippen molar-refractivity contribution in [3.8, 4) is 0 Å². The molecule has 0 spiro atoms. The number of carbonyl (C=O) groups excluding carboxylic acids is 1. The van der Waals surface area contributed by atoms with Crippen molar-refractivity contribution in [1.29, 1.82) is 0 Å². The zero-order chi connectivity index (χ0) is 21.1. The number of amides is 1. The molecule has 8 heteroatoms. The Morgan fingerprint density at radius 1 is 1.30 bits per heavy atom. The fourth-order valence-corrected chi connectivity index (χ4v) is 3.62. The van der Waals surface area contributed by atoms with Crippen LogP contribution in [0.1, 0.15) is 40.3 Å². The largest absolute Gasteiger partial charge is 0.382 e. The molecule has 0 unspecified atom stereocenters. The fraction of sp³-hybridized carbons (Fsp3) is 0.455. The SMILES string of the molecule is Cc1nc(N)c2nc(CC3CC3)n(CCOCCNC(=O)c3cccnc3)c2c1C. The number of hydrogen-bond donors (Lipinski definition) is 2. The third kappa shape index (κ3) is 4.43. The van der Waals surface area contributed by atoms with Crippen LogP contribution in [0.5, 0.6) is 0 Å². The number of pyridine rings is 2. The number of nitrogen functional groups attached to an aromatic ring is 1. The Morgan fingerprint density at radius 3 is 2.87 bits per heavy atom. The van der Waals surface area contributed by atoms with Crippen molar-refractivity contribution in [1.82, 2.24) is 24.8 Å². The molecule has 0 saturated heterocycles. The van der Waals surface area contributed by atoms with Crippen LogP contribution in [0.3, 0.4) is 0 Å². The van der Waals surface area contributed by atoms with Crippen LogP contribution in [0.4, 0.5) is 5.82 Å². The molecule has 3 heterocycles. The van der Waals surface area contributed by atoms with E-state index in [1.165, 1.54) is 12.8 Å². The molecule has 0 radical (unpaired) electrons. The number of ether oxygens (including phenoxy) is 1. The van der Waals surface area contributed by atoms with E-state index in [2.05, 4.69) is 26.8 Å². The lowest BCUT2D eigenvalue weighted by Crippen LogP contribution is -2.27. The molecule has 3 aromatic heterocycles. The number of fused-ring (bicyclic) bond motifs is 1. The monoisotopic (exact) mass is 408 g/mol. The van der Waals surface area contributed by atoms with Crippen molar-refractivity contribution in [2.24, 2.45) is 5.92 Å². The zero-order valence-corrected chi connectivity index (χ0v) is 17.5. The van der Waals surface area contributed by atoms with Crippen molar-refractivity contribution in [2.45, 2.75) is 39.7 Å². The standard InChI is InChI=1S/C22H28N6O2/c1-14-15(2)26-21(23)19-20(14)28(18(27-19)12-16-5-6-16)9-11-30-10-8-25-22(29)17-4-3-7-24-13-17/h3-4,7,13,16H,5-6,8-12H2,1-2H3,(H2,23,26)(H,25,29). The summed E-state index contributed by atoms with van der Waals surface area (Å²) in [6, 6.07) is 3.48. The van der Waals surface area contributed by atoms with Gasteiger partial charge in [-0.1, -0.05) is 0 Å². The van der Waals surface area contributed by atoms with Crippen molar-refractivity contribution >= 4 is 22.8 Å². The third-order valence-corrected chi connectivity index (χ3v) is 5.56. The maximum absolute atomic E-state index is 12.0. The fourth-order valence-electron chi connectivity index (χ4n) is 3.62. The number of nitrogens with zero attached hydrogens (tertiary/aromatic N) is 4. The summed E-state index contributed by atoms with van der Waals surface area (Å²) < 4.78 is 8.03. The van der Waals surface area contributed by atoms with Gasteiger partial charge in [0.2, 0.25) is 0 Å². The summed E-state index contributed by atoms with van der Waals surface area (Å²) in [7, 11) is 0. The summed E-state index contributed by atoms with van der Waals surface area (Å²) in [6.07, 6.45) is 6.69. The highest BCUT2D eigenvalue weighted by Crippen LogP contribution is 2.34. The second-order valence-electron chi connectivity index (χ2n) is 7.84. The number of hydrogen-bond acceptors (Lipinski definition) is 6. The summed E-state index contributed by atoms with van der Waals surface area (Å²) in [4.78, 5) is 25.2. The average molecular weight is 409 g/mol. The Hall–Kier alpha value is -3.00. The second-order valence-corrected chi connectivity index (χ2v) is 7.84. The molecule has 4 rings (SSSR count). The Labute approximate surface area is 175 Å². The number of rotatable bonds is 9. The van der Waals surface area contributed by atoms with Gasteiger partial charge in [0.1, 0.15) is 11.3 Å². The maximum atomic E-state index is 12.0. The molecule has 0 bridgehead atoms. The van der Waals surface area contributed by atoms with Gasteiger partial charge in [0.05, 0.1) is 24.3 Å². The van der Waals surface area contributed by atoms with E-state index in [9.17, 15) is 4.79 Å². The van der Waals surface area contributed by atoms with Crippen molar-refractivity contribution in [3.63, 3.8) is 0 Å². The Bertz CT molecular complexity index is 1040. The van der Waals surface area contributed by atoms with Crippen LogP contribution in [0.25, 0.3) is 11.0 Å². The molecular formula is C22H28N6O2. The second kappa shape index (κ2) is 8.79. The van der Waals surface area contributed by atoms with Crippen LogP contribution < -0.4 is 11.1 Å². The predicted molar refractivity (Wildman–Crippen MR) is 115 cm³/mol. The van der Waals surface area contributed by atoms with Gasteiger partial charge in [-0.2, -0.15) is 0 Å². The van der Waals surface area contributed by atoms with Gasteiger partial charge in [-0.3, -0.25) is 9.78 Å². The van der Waals surface area contributed by atoms with Gasteiger partial charge < -0.3 is 20.4 Å². The topological polar surface area (TPSA) is 108 Å². The van der Waals surface area contributed by atoms with Gasteiger partial charge >= 0.3 is 0 Å². The summed E-state index contributed by atoms with van der Waals surface area (Å²) in [5.74, 6) is 2.12. The van der Waals surface area contributed by atoms with Crippen LogP contribution in [0.2, 0.25) is 0 Å². The van der Waals surface area contributed by atoms with E-state index in [1.54, 1.807) is 24.5 Å². The van der Waals surface area contributed by atoms with E-state index in [0.29, 0.717) is 37.7 Å². The number of aryl methyl sites for hydroxylation is 2. The van der Waals surface area contributed by atoms with Crippen molar-refractivity contribution in [3.05, 3.63) is 47.2 Å². The number of aromatic nitrogens is 4. The molecule has 1 aliphatic carbocycles. The average Bonchev–Trinajstić information content (AvgIpc) is 3.49. The van der Waals surface area contributed by atoms with E-state index >= 15 is 0 Å². The first kappa shape index (κ1) is 20.3. The zero-order valence-electron chi connectivity index (χ0n) is 17.5. The van der Waals surface area contributed by atoms with E-state index in [0.717, 1.165) is 40.5 Å². The minimum atomic E-state index is -0.145. The van der Waals surface area contributed by atoms with Gasteiger partial charge in [0.15, 0.2) is 5.82 Å². The molecule has 1 aliphatic rings. The predicted octanol–water partition coefficient (Wildman–Crippen LogP) is 2.42. The number of carbonyl (C=O) groups is 1. The Balaban J connectivity index is 1.36. The molecule has 3 N–H and O–H groups in total. The van der Waals surface area contributed by atoms with E-state index < -0.39 is 0 Å². The first-order valence-electron chi connectivity index (χ1n) is 10.4. The molecule has 30 heavy (non-hydrogen) atoms. The maximum Gasteiger partial charge on any atom is 0.252 e. The molecule has 0 aliphatic heterocycles. The van der Waals surface area contributed by atoms with Crippen LogP contribution in [0, 0.1) is 19.8 Å². The molecule has 0 atom stereocenters. The normalized spacial score (nSPS) is 13.7. The number of anilines is 1. The molecule has 1 amide bonds. The van der Waals surface area contributed by atoms with Crippen molar-refractivity contribution in [2.75, 3.05) is 25.5 Å². The smallest absolute Gasteiger partial charge is 0.252 e. The number of nitrogens with two attached hydrogens (primary N) is 1. The lowest BCUT2D eigenvalue weighted by Gasteiger charge is -2.12. The molecule has 8 nitrogen and oxygen atoms in total. The Kier molecular flexibility index (Phi) is 5.94. The third-order valence-electron chi connectivity index (χ3n) is 5.56. The summed E-state index contributed by atoms with van der Waals surface area (Å²) in [5, 5.41) is 2.84. The summed E-state index contributed by atoms with van der Waals surface area (Å²) in [6.45, 7) is 6.16. The van der Waals surface area contributed by atoms with Gasteiger partial charge in [-0.15, -0.1) is 0 Å². The lowest BCUT2D eigenvalue weighted by atomic mass is 10.2. The van der Waals surface area contributed by atoms with Gasteiger partial charge in [0.25, 0.3) is 5.91 Å². The molecule has 158 valence electrons. The highest BCUT2D eigenvalue weighted by atomic mass is 16.5. The van der Waals surface area contributed by atoms with E-state index in [4.69, 9.17) is 15.5 Å². The lowest BCUT2D eigenvalue weighted by molar-refractivity contribution is 0.0908. The molecule has 3 aromatic rings. The summed E-state index contributed by atoms with van der Waals surface area (Å²) >= 11 is 0. The molecule has 1 saturated carbocycles. The van der Waals surface area contributed by atoms with Crippen LogP contribution in [-0.2, 0) is 17.7 Å². The first-order chi connectivity index (χ1) is 14.5. The number of nitrogens with one attached hydrogen (secondary N) is 1. The van der Waals surface area contributed by atoms with E-state index in [-0.39, 0.29) is 5.91 Å². The Morgan fingerprint density at radius 2 is 2.13 bits per heavy atom. The highest BCUT2D eigenvalue weighted by molar-refractivity contribution is 5.93. The van der Waals surface area contributed by atoms with Crippen LogP contribution in [-0.4, -0.2) is 45.2 Å². The molecular weight excluding hydrogens is 380 g/mol. The van der Waals surface area contributed by atoms with Crippen molar-refractivity contribution < 1.29 is 9.53 Å². The van der Waals surface area contributed by atoms with E-state index in [1.807, 2.05) is 6.92 Å². The number of imidazole rings is 1. The van der Waals surface area contributed by atoms with Crippen LogP contribution >= 0.6 is 0 Å². The quantitative estimate of drug-likeness (QED) is 0.527. The minimum absolute atomic E-state index is 0.145. The summed E-state index contributed by atoms with van der Waals surface area (Å²) in [5.41, 5.74) is 10.6. The minimum Gasteiger partial charge on any atom is -0.382 e. The van der Waals surface area contributed by atoms with Gasteiger partial charge in [-0.05, 0) is 50.3 Å². The van der Waals surface area contributed by atoms with Crippen LogP contribution in [0.15, 0.2) is 24.5 Å².